The van der Waals surface area contributed by atoms with E-state index < -0.39 is 36.4 Å². The van der Waals surface area contributed by atoms with Crippen molar-refractivity contribution >= 4 is 24.0 Å². The lowest BCUT2D eigenvalue weighted by molar-refractivity contribution is -0.152. The Balaban J connectivity index is 0.956. The lowest BCUT2D eigenvalue weighted by Crippen LogP contribution is -2.47. The summed E-state index contributed by atoms with van der Waals surface area (Å²) in [4.78, 5) is 70.7. The number of hydrogen-bond donors (Lipinski definition) is 4. The summed E-state index contributed by atoms with van der Waals surface area (Å²) in [6.45, 7) is 1.20. The standard InChI is InChI=1S/C46H48N10O6/c1-51-25-23-37(55(51)43(57)39(53(3)45(59)60)33-11-7-5-8-12-33)41-47-27-35(49-41)31-19-15-29(16-20-31)30-17-21-32(22-18-30)36-28-48-42(50-36)38-24-26-52(2)56(38)44(58)40(54(4)46(61)62)34-13-9-6-10-14-34/h5-22,27-28,37-40H,23-26H2,1-4H3,(H,47,49)(H,48,50)(H,59,60)(H,61,62)/t37-,38-,39+,40+/m0/s1. The van der Waals surface area contributed by atoms with Crippen molar-refractivity contribution in [2.24, 2.45) is 0 Å². The molecule has 16 nitrogen and oxygen atoms in total. The number of nitrogens with one attached hydrogen (secondary N) is 2. The van der Waals surface area contributed by atoms with Crippen molar-refractivity contribution in [1.29, 1.82) is 0 Å². The summed E-state index contributed by atoms with van der Waals surface area (Å²) in [5.74, 6) is 0.524. The van der Waals surface area contributed by atoms with Crippen LogP contribution < -0.4 is 0 Å². The van der Waals surface area contributed by atoms with Gasteiger partial charge in [-0.1, -0.05) is 109 Å². The number of likely N-dealkylation sites (N-methyl/N-ethyl adjacent to an activating group) is 2. The van der Waals surface area contributed by atoms with Crippen molar-refractivity contribution in [3.8, 4) is 33.6 Å². The van der Waals surface area contributed by atoms with Gasteiger partial charge >= 0.3 is 12.2 Å². The van der Waals surface area contributed by atoms with Crippen molar-refractivity contribution < 1.29 is 29.4 Å². The van der Waals surface area contributed by atoms with E-state index in [0.717, 1.165) is 43.4 Å². The molecule has 0 unspecified atom stereocenters. The number of carboxylic acid groups (broad SMARTS) is 2. The smallest absolute Gasteiger partial charge is 0.407 e. The summed E-state index contributed by atoms with van der Waals surface area (Å²) in [5, 5.41) is 26.6. The molecular weight excluding hydrogens is 789 g/mol. The highest BCUT2D eigenvalue weighted by atomic mass is 16.4. The molecule has 0 saturated carbocycles. The second-order valence-corrected chi connectivity index (χ2v) is 15.7. The Morgan fingerprint density at radius 2 is 0.903 bits per heavy atom. The Bertz CT molecular complexity index is 2370. The highest BCUT2D eigenvalue weighted by Crippen LogP contribution is 2.37. The van der Waals surface area contributed by atoms with Gasteiger partial charge < -0.3 is 20.2 Å². The lowest BCUT2D eigenvalue weighted by Gasteiger charge is -2.35. The molecule has 8 rings (SSSR count). The van der Waals surface area contributed by atoms with Gasteiger partial charge in [0, 0.05) is 41.3 Å². The number of imidazole rings is 2. The minimum atomic E-state index is -1.20. The highest BCUT2D eigenvalue weighted by Gasteiger charge is 2.43. The zero-order chi connectivity index (χ0) is 43.7. The maximum absolute atomic E-state index is 14.1. The normalized spacial score (nSPS) is 17.8. The minimum Gasteiger partial charge on any atom is -0.465 e. The van der Waals surface area contributed by atoms with Crippen LogP contribution >= 0.6 is 0 Å². The number of benzene rings is 4. The van der Waals surface area contributed by atoms with Gasteiger partial charge in [0.05, 0.1) is 23.8 Å². The number of nitrogens with zero attached hydrogens (tertiary/aromatic N) is 8. The summed E-state index contributed by atoms with van der Waals surface area (Å²) in [6, 6.07) is 31.2. The third-order valence-corrected chi connectivity index (χ3v) is 11.9. The third-order valence-electron chi connectivity index (χ3n) is 11.9. The summed E-state index contributed by atoms with van der Waals surface area (Å²) >= 11 is 0. The molecule has 16 heteroatoms. The molecule has 0 spiro atoms. The Kier molecular flexibility index (Phi) is 11.6. The van der Waals surface area contributed by atoms with E-state index in [4.69, 9.17) is 9.97 Å². The number of H-pyrrole nitrogens is 2. The van der Waals surface area contributed by atoms with E-state index in [1.807, 2.05) is 84.8 Å². The Morgan fingerprint density at radius 1 is 0.565 bits per heavy atom. The molecule has 4 N–H and O–H groups in total. The highest BCUT2D eigenvalue weighted by molar-refractivity contribution is 5.87. The van der Waals surface area contributed by atoms with Crippen LogP contribution in [0.5, 0.6) is 0 Å². The van der Waals surface area contributed by atoms with Gasteiger partial charge in [-0.05, 0) is 46.2 Å². The number of aromatic amines is 2. The maximum atomic E-state index is 14.1. The molecule has 4 aromatic carbocycles. The van der Waals surface area contributed by atoms with Crippen LogP contribution in [0.1, 0.15) is 59.8 Å². The summed E-state index contributed by atoms with van der Waals surface area (Å²) in [6.07, 6.45) is 2.37. The molecule has 2 aromatic heterocycles. The summed E-state index contributed by atoms with van der Waals surface area (Å²) < 4.78 is 0. The Morgan fingerprint density at radius 3 is 1.24 bits per heavy atom. The second kappa shape index (κ2) is 17.4. The zero-order valence-corrected chi connectivity index (χ0v) is 34.8. The van der Waals surface area contributed by atoms with E-state index in [1.54, 1.807) is 70.9 Å². The van der Waals surface area contributed by atoms with Crippen LogP contribution in [0.25, 0.3) is 33.6 Å². The number of rotatable bonds is 11. The van der Waals surface area contributed by atoms with Crippen LogP contribution in [0, 0.1) is 0 Å². The number of hydrazine groups is 2. The van der Waals surface area contributed by atoms with Crippen LogP contribution in [-0.4, -0.2) is 125 Å². The quantitative estimate of drug-likeness (QED) is 0.105. The third kappa shape index (κ3) is 8.00. The number of carbonyl (C=O) groups excluding carboxylic acids is 2. The molecule has 2 fully saturated rings. The average Bonchev–Trinajstić information content (AvgIpc) is 4.12. The first-order valence-electron chi connectivity index (χ1n) is 20.3. The predicted molar refractivity (Wildman–Crippen MR) is 231 cm³/mol. The molecule has 62 heavy (non-hydrogen) atoms. The van der Waals surface area contributed by atoms with E-state index in [2.05, 4.69) is 9.97 Å². The number of hydrogen-bond acceptors (Lipinski definition) is 8. The van der Waals surface area contributed by atoms with E-state index in [9.17, 15) is 29.4 Å². The summed E-state index contributed by atoms with van der Waals surface area (Å²) in [5.41, 5.74) is 6.61. The largest absolute Gasteiger partial charge is 0.465 e. The first-order valence-corrected chi connectivity index (χ1v) is 20.3. The van der Waals surface area contributed by atoms with Crippen molar-refractivity contribution in [3.05, 3.63) is 144 Å². The summed E-state index contributed by atoms with van der Waals surface area (Å²) in [7, 11) is 6.46. The van der Waals surface area contributed by atoms with Gasteiger partial charge in [0.15, 0.2) is 0 Å². The fourth-order valence-electron chi connectivity index (χ4n) is 8.50. The fourth-order valence-corrected chi connectivity index (χ4v) is 8.50. The van der Waals surface area contributed by atoms with Gasteiger partial charge in [0.1, 0.15) is 35.8 Å². The van der Waals surface area contributed by atoms with Crippen molar-refractivity contribution in [2.75, 3.05) is 41.3 Å². The monoisotopic (exact) mass is 836 g/mol. The van der Waals surface area contributed by atoms with Gasteiger partial charge in [-0.15, -0.1) is 0 Å². The predicted octanol–water partition coefficient (Wildman–Crippen LogP) is 7.08. The molecule has 318 valence electrons. The van der Waals surface area contributed by atoms with E-state index in [1.165, 1.54) is 14.1 Å². The van der Waals surface area contributed by atoms with Crippen molar-refractivity contribution in [1.82, 2.24) is 49.8 Å². The fraction of sp³-hybridized carbons (Fsp3) is 0.261. The SMILES string of the molecule is CN(C(=O)O)[C@@H](C(=O)N1[C@H](c2ncc(-c3ccc(-c4ccc(-c5cnc([C@@H]6CCN(C)N6C(=O)[C@@H](c6ccccc6)N(C)C(=O)O)[nH]5)cc4)cc3)[nH]2)CCN1C)c1ccccc1. The first kappa shape index (κ1) is 41.4. The minimum absolute atomic E-state index is 0.354. The molecule has 4 atom stereocenters. The number of amides is 4. The maximum Gasteiger partial charge on any atom is 0.407 e. The molecule has 4 heterocycles. The first-order chi connectivity index (χ1) is 29.9. The molecule has 0 radical (unpaired) electrons. The van der Waals surface area contributed by atoms with Crippen LogP contribution in [0.15, 0.2) is 122 Å². The molecule has 2 aliphatic rings. The van der Waals surface area contributed by atoms with Crippen molar-refractivity contribution in [3.63, 3.8) is 0 Å². The van der Waals surface area contributed by atoms with Crippen LogP contribution in [0.2, 0.25) is 0 Å². The van der Waals surface area contributed by atoms with Gasteiger partial charge in [-0.25, -0.2) is 29.6 Å². The van der Waals surface area contributed by atoms with Crippen LogP contribution in [0.4, 0.5) is 9.59 Å². The lowest BCUT2D eigenvalue weighted by atomic mass is 10.0. The Labute approximate surface area is 358 Å². The molecule has 0 aliphatic carbocycles. The molecule has 2 aliphatic heterocycles. The van der Waals surface area contributed by atoms with Crippen molar-refractivity contribution in [2.45, 2.75) is 37.0 Å². The van der Waals surface area contributed by atoms with Gasteiger partial charge in [-0.3, -0.25) is 29.4 Å². The number of aromatic nitrogens is 4. The average molecular weight is 837 g/mol. The van der Waals surface area contributed by atoms with Crippen LogP contribution in [-0.2, 0) is 9.59 Å². The molecule has 2 saturated heterocycles. The molecule has 4 amide bonds. The van der Waals surface area contributed by atoms with Crippen LogP contribution in [0.3, 0.4) is 0 Å². The molecule has 6 aromatic rings. The molecular formula is C46H48N10O6. The zero-order valence-electron chi connectivity index (χ0n) is 34.8. The molecule has 0 bridgehead atoms. The van der Waals surface area contributed by atoms with E-state index in [-0.39, 0.29) is 11.8 Å². The second-order valence-electron chi connectivity index (χ2n) is 15.7. The topological polar surface area (TPSA) is 186 Å². The van der Waals surface area contributed by atoms with Gasteiger partial charge in [0.25, 0.3) is 11.8 Å². The van der Waals surface area contributed by atoms with E-state index >= 15 is 0 Å². The van der Waals surface area contributed by atoms with Gasteiger partial charge in [0.2, 0.25) is 0 Å². The van der Waals surface area contributed by atoms with Gasteiger partial charge in [-0.2, -0.15) is 0 Å². The van der Waals surface area contributed by atoms with E-state index in [0.29, 0.717) is 48.7 Å². The Hall–Kier alpha value is -7.30. The number of carbonyl (C=O) groups is 4.